The van der Waals surface area contributed by atoms with Crippen LogP contribution in [0.2, 0.25) is 0 Å². The van der Waals surface area contributed by atoms with Crippen molar-refractivity contribution in [1.29, 1.82) is 0 Å². The summed E-state index contributed by atoms with van der Waals surface area (Å²) in [7, 11) is -3.11. The number of hydrogen-bond donors (Lipinski definition) is 0. The minimum Gasteiger partial charge on any atom is -0.482 e. The number of sulfone groups is 1. The Morgan fingerprint density at radius 1 is 1.21 bits per heavy atom. The highest BCUT2D eigenvalue weighted by molar-refractivity contribution is 7.91. The highest BCUT2D eigenvalue weighted by Crippen LogP contribution is 2.26. The van der Waals surface area contributed by atoms with Crippen LogP contribution in [0, 0.1) is 0 Å². The summed E-state index contributed by atoms with van der Waals surface area (Å²) in [4.78, 5) is 26.3. The topological polar surface area (TPSA) is 90.0 Å². The Kier molecular flexibility index (Phi) is 6.82. The van der Waals surface area contributed by atoms with Gasteiger partial charge in [-0.25, -0.2) is 13.2 Å². The number of rotatable bonds is 8. The van der Waals surface area contributed by atoms with E-state index in [1.54, 1.807) is 4.90 Å². The van der Waals surface area contributed by atoms with Gasteiger partial charge < -0.3 is 14.4 Å². The fraction of sp³-hybridized carbons (Fsp3) is 0.619. The van der Waals surface area contributed by atoms with Crippen molar-refractivity contribution in [2.75, 3.05) is 24.7 Å². The summed E-state index contributed by atoms with van der Waals surface area (Å²) in [6.07, 6.45) is 4.35. The maximum absolute atomic E-state index is 12.7. The lowest BCUT2D eigenvalue weighted by molar-refractivity contribution is -0.155. The zero-order valence-corrected chi connectivity index (χ0v) is 17.9. The minimum atomic E-state index is -3.11. The first-order chi connectivity index (χ1) is 13.8. The molecule has 8 heteroatoms. The van der Waals surface area contributed by atoms with Gasteiger partial charge in [-0.15, -0.1) is 0 Å². The number of ether oxygens (including phenoxy) is 2. The van der Waals surface area contributed by atoms with Gasteiger partial charge >= 0.3 is 5.97 Å². The summed E-state index contributed by atoms with van der Waals surface area (Å²) in [5, 5.41) is 0. The van der Waals surface area contributed by atoms with E-state index >= 15 is 0 Å². The number of fused-ring (bicyclic) bond motifs is 1. The number of aryl methyl sites for hydroxylation is 2. The molecule has 0 spiro atoms. The second-order valence-corrected chi connectivity index (χ2v) is 10.1. The van der Waals surface area contributed by atoms with Crippen LogP contribution in [0.5, 0.6) is 5.75 Å². The van der Waals surface area contributed by atoms with Crippen molar-refractivity contribution in [1.82, 2.24) is 4.90 Å². The third-order valence-corrected chi connectivity index (χ3v) is 7.49. The molecule has 1 fully saturated rings. The van der Waals surface area contributed by atoms with Crippen LogP contribution in [-0.4, -0.2) is 62.0 Å². The molecule has 0 saturated carbocycles. The van der Waals surface area contributed by atoms with Crippen LogP contribution in [0.3, 0.4) is 0 Å². The van der Waals surface area contributed by atoms with Gasteiger partial charge in [-0.3, -0.25) is 4.79 Å². The van der Waals surface area contributed by atoms with Gasteiger partial charge in [0.05, 0.1) is 11.5 Å². The molecule has 0 unspecified atom stereocenters. The molecular weight excluding hydrogens is 394 g/mol. The van der Waals surface area contributed by atoms with Crippen molar-refractivity contribution in [2.24, 2.45) is 0 Å². The van der Waals surface area contributed by atoms with Crippen LogP contribution in [-0.2, 0) is 37.0 Å². The highest BCUT2D eigenvalue weighted by Gasteiger charge is 2.36. The van der Waals surface area contributed by atoms with Gasteiger partial charge in [0.25, 0.3) is 5.91 Å². The van der Waals surface area contributed by atoms with Crippen molar-refractivity contribution in [2.45, 2.75) is 58.0 Å². The van der Waals surface area contributed by atoms with E-state index in [4.69, 9.17) is 9.47 Å². The fourth-order valence-electron chi connectivity index (χ4n) is 4.04. The third-order valence-electron chi connectivity index (χ3n) is 5.74. The molecule has 0 bridgehead atoms. The van der Waals surface area contributed by atoms with Gasteiger partial charge in [-0.2, -0.15) is 0 Å². The van der Waals surface area contributed by atoms with Gasteiger partial charge in [0.1, 0.15) is 5.75 Å². The molecule has 2 aliphatic rings. The molecular formula is C21H29NO6S. The largest absolute Gasteiger partial charge is 0.482 e. The number of hydrogen-bond acceptors (Lipinski definition) is 6. The predicted octanol–water partition coefficient (Wildman–Crippen LogP) is 1.91. The Morgan fingerprint density at radius 2 is 1.97 bits per heavy atom. The minimum absolute atomic E-state index is 0.0293. The monoisotopic (exact) mass is 423 g/mol. The Bertz CT molecular complexity index is 866. The second-order valence-electron chi connectivity index (χ2n) is 7.85. The van der Waals surface area contributed by atoms with E-state index < -0.39 is 22.4 Å². The van der Waals surface area contributed by atoms with Gasteiger partial charge in [0.15, 0.2) is 23.1 Å². The smallest absolute Gasteiger partial charge is 0.344 e. The standard InChI is InChI=1S/C21H29NO6S/c1-3-15(2)22(18-9-10-29(25,26)14-18)20(23)12-28-21(24)13-27-19-8-7-16-5-4-6-17(16)11-19/h7-8,11,15,18H,3-6,9-10,12-14H2,1-2H3/t15-,18-/m1/s1. The average Bonchev–Trinajstić information content (AvgIpc) is 3.30. The first-order valence-electron chi connectivity index (χ1n) is 10.2. The third kappa shape index (κ3) is 5.50. The summed E-state index contributed by atoms with van der Waals surface area (Å²) in [5.74, 6) is -0.314. The average molecular weight is 424 g/mol. The van der Waals surface area contributed by atoms with E-state index in [9.17, 15) is 18.0 Å². The molecule has 7 nitrogen and oxygen atoms in total. The van der Waals surface area contributed by atoms with Crippen LogP contribution in [0.4, 0.5) is 0 Å². The van der Waals surface area contributed by atoms with Gasteiger partial charge in [0, 0.05) is 12.1 Å². The lowest BCUT2D eigenvalue weighted by atomic mass is 10.1. The van der Waals surface area contributed by atoms with Gasteiger partial charge in [0.2, 0.25) is 0 Å². The van der Waals surface area contributed by atoms with Crippen LogP contribution in [0.15, 0.2) is 18.2 Å². The number of amides is 1. The summed E-state index contributed by atoms with van der Waals surface area (Å²) >= 11 is 0. The maximum atomic E-state index is 12.7. The molecule has 3 rings (SSSR count). The molecule has 1 amide bonds. The zero-order chi connectivity index (χ0) is 21.0. The van der Waals surface area contributed by atoms with E-state index in [0.29, 0.717) is 18.6 Å². The highest BCUT2D eigenvalue weighted by atomic mass is 32.2. The second kappa shape index (κ2) is 9.15. The van der Waals surface area contributed by atoms with Gasteiger partial charge in [-0.05, 0) is 62.3 Å². The van der Waals surface area contributed by atoms with Crippen LogP contribution < -0.4 is 4.74 Å². The van der Waals surface area contributed by atoms with Crippen molar-refractivity contribution >= 4 is 21.7 Å². The first-order valence-corrected chi connectivity index (χ1v) is 12.0. The maximum Gasteiger partial charge on any atom is 0.344 e. The number of benzene rings is 1. The number of nitrogens with zero attached hydrogens (tertiary/aromatic N) is 1. The quantitative estimate of drug-likeness (QED) is 0.594. The summed E-state index contributed by atoms with van der Waals surface area (Å²) in [6.45, 7) is 3.13. The molecule has 2 atom stereocenters. The molecule has 0 N–H and O–H groups in total. The van der Waals surface area contributed by atoms with Crippen LogP contribution >= 0.6 is 0 Å². The Hall–Kier alpha value is -2.09. The van der Waals surface area contributed by atoms with Crippen molar-refractivity contribution in [3.63, 3.8) is 0 Å². The fourth-order valence-corrected chi connectivity index (χ4v) is 5.75. The molecule has 1 aromatic carbocycles. The summed E-state index contributed by atoms with van der Waals surface area (Å²) in [5.41, 5.74) is 2.58. The molecule has 1 saturated heterocycles. The summed E-state index contributed by atoms with van der Waals surface area (Å²) in [6, 6.07) is 5.33. The predicted molar refractivity (Wildman–Crippen MR) is 109 cm³/mol. The van der Waals surface area contributed by atoms with E-state index in [1.807, 2.05) is 32.0 Å². The van der Waals surface area contributed by atoms with E-state index in [0.717, 1.165) is 19.3 Å². The summed E-state index contributed by atoms with van der Waals surface area (Å²) < 4.78 is 34.2. The molecule has 0 radical (unpaired) electrons. The number of esters is 1. The van der Waals surface area contributed by atoms with E-state index in [-0.39, 0.29) is 36.1 Å². The van der Waals surface area contributed by atoms with Crippen molar-refractivity contribution in [3.05, 3.63) is 29.3 Å². The molecule has 1 aliphatic heterocycles. The number of carbonyl (C=O) groups excluding carboxylic acids is 2. The normalized spacial score (nSPS) is 20.7. The SMILES string of the molecule is CC[C@@H](C)N(C(=O)COC(=O)COc1ccc2c(c1)CCC2)[C@@H]1CCS(=O)(=O)C1. The van der Waals surface area contributed by atoms with E-state index in [2.05, 4.69) is 0 Å². The number of carbonyl (C=O) groups is 2. The molecule has 0 aromatic heterocycles. The molecule has 29 heavy (non-hydrogen) atoms. The zero-order valence-electron chi connectivity index (χ0n) is 17.1. The van der Waals surface area contributed by atoms with E-state index in [1.165, 1.54) is 11.1 Å². The van der Waals surface area contributed by atoms with Crippen LogP contribution in [0.25, 0.3) is 0 Å². The van der Waals surface area contributed by atoms with Crippen LogP contribution in [0.1, 0.15) is 44.2 Å². The lowest BCUT2D eigenvalue weighted by Gasteiger charge is -2.33. The Morgan fingerprint density at radius 3 is 2.66 bits per heavy atom. The molecule has 1 aromatic rings. The Balaban J connectivity index is 1.50. The lowest BCUT2D eigenvalue weighted by Crippen LogP contribution is -2.48. The van der Waals surface area contributed by atoms with Gasteiger partial charge in [-0.1, -0.05) is 13.0 Å². The first kappa shape index (κ1) is 21.6. The van der Waals surface area contributed by atoms with Crippen molar-refractivity contribution < 1.29 is 27.5 Å². The Labute approximate surface area is 172 Å². The molecule has 160 valence electrons. The van der Waals surface area contributed by atoms with Crippen molar-refractivity contribution in [3.8, 4) is 5.75 Å². The molecule has 1 heterocycles. The molecule has 1 aliphatic carbocycles.